The van der Waals surface area contributed by atoms with Gasteiger partial charge in [-0.2, -0.15) is 0 Å². The normalized spacial score (nSPS) is 12.1. The molecule has 0 spiro atoms. The number of nitrogens with two attached hydrogens (primary N) is 1. The van der Waals surface area contributed by atoms with E-state index in [0.717, 1.165) is 17.7 Å². The number of benzene rings is 1. The standard InChI is InChI=1S/C15H19N3O3/c1-2-7-21-13-4-3-11(14(16)15(19)20)8-12(13)9-18-6-5-17-10-18/h3-6,8,10,14H,2,7,9,16H2,1H3,(H,19,20)/t14-/m0/s1. The highest BCUT2D eigenvalue weighted by Crippen LogP contribution is 2.24. The first-order chi connectivity index (χ1) is 10.1. The van der Waals surface area contributed by atoms with Crippen molar-refractivity contribution in [2.75, 3.05) is 6.61 Å². The Labute approximate surface area is 123 Å². The summed E-state index contributed by atoms with van der Waals surface area (Å²) in [7, 11) is 0. The summed E-state index contributed by atoms with van der Waals surface area (Å²) in [5, 5.41) is 9.02. The van der Waals surface area contributed by atoms with Gasteiger partial charge in [0.2, 0.25) is 0 Å². The van der Waals surface area contributed by atoms with Crippen LogP contribution in [0.5, 0.6) is 5.75 Å². The quantitative estimate of drug-likeness (QED) is 0.811. The molecule has 0 fully saturated rings. The summed E-state index contributed by atoms with van der Waals surface area (Å²) in [4.78, 5) is 15.0. The minimum absolute atomic E-state index is 0.555. The Morgan fingerprint density at radius 2 is 2.33 bits per heavy atom. The summed E-state index contributed by atoms with van der Waals surface area (Å²) in [6, 6.07) is 4.22. The third kappa shape index (κ3) is 3.82. The summed E-state index contributed by atoms with van der Waals surface area (Å²) < 4.78 is 7.60. The molecule has 3 N–H and O–H groups in total. The summed E-state index contributed by atoms with van der Waals surface area (Å²) in [6.07, 6.45) is 6.14. The van der Waals surface area contributed by atoms with Gasteiger partial charge in [0.1, 0.15) is 11.8 Å². The van der Waals surface area contributed by atoms with Crippen molar-refractivity contribution in [2.45, 2.75) is 25.9 Å². The van der Waals surface area contributed by atoms with Gasteiger partial charge in [0.15, 0.2) is 0 Å². The first-order valence-electron chi connectivity index (χ1n) is 6.81. The van der Waals surface area contributed by atoms with Crippen LogP contribution >= 0.6 is 0 Å². The molecule has 1 heterocycles. The van der Waals surface area contributed by atoms with Crippen LogP contribution in [0, 0.1) is 0 Å². The number of rotatable bonds is 7. The van der Waals surface area contributed by atoms with E-state index in [2.05, 4.69) is 4.98 Å². The molecule has 2 aromatic rings. The Bertz CT molecular complexity index is 596. The van der Waals surface area contributed by atoms with Crippen molar-refractivity contribution in [3.63, 3.8) is 0 Å². The number of aliphatic carboxylic acids is 1. The lowest BCUT2D eigenvalue weighted by atomic mass is 10.0. The van der Waals surface area contributed by atoms with Crippen molar-refractivity contribution in [2.24, 2.45) is 5.73 Å². The molecular weight excluding hydrogens is 270 g/mol. The molecule has 0 saturated carbocycles. The molecule has 2 rings (SSSR count). The number of aromatic nitrogens is 2. The molecule has 0 aliphatic carbocycles. The highest BCUT2D eigenvalue weighted by molar-refractivity contribution is 5.75. The summed E-state index contributed by atoms with van der Waals surface area (Å²) >= 11 is 0. The van der Waals surface area contributed by atoms with E-state index >= 15 is 0 Å². The monoisotopic (exact) mass is 289 g/mol. The maximum absolute atomic E-state index is 11.0. The van der Waals surface area contributed by atoms with Gasteiger partial charge in [-0.1, -0.05) is 13.0 Å². The molecule has 0 amide bonds. The Morgan fingerprint density at radius 3 is 2.95 bits per heavy atom. The van der Waals surface area contributed by atoms with Gasteiger partial charge < -0.3 is 20.1 Å². The molecule has 6 nitrogen and oxygen atoms in total. The van der Waals surface area contributed by atoms with E-state index in [1.165, 1.54) is 0 Å². The Balaban J connectivity index is 2.30. The van der Waals surface area contributed by atoms with Gasteiger partial charge >= 0.3 is 5.97 Å². The van der Waals surface area contributed by atoms with E-state index < -0.39 is 12.0 Å². The molecular formula is C15H19N3O3. The zero-order valence-electron chi connectivity index (χ0n) is 11.9. The maximum atomic E-state index is 11.0. The Hall–Kier alpha value is -2.34. The lowest BCUT2D eigenvalue weighted by molar-refractivity contribution is -0.138. The number of ether oxygens (including phenoxy) is 1. The topological polar surface area (TPSA) is 90.4 Å². The first-order valence-corrected chi connectivity index (χ1v) is 6.81. The number of hydrogen-bond acceptors (Lipinski definition) is 4. The predicted octanol–water partition coefficient (Wildman–Crippen LogP) is 1.80. The number of imidazole rings is 1. The van der Waals surface area contributed by atoms with E-state index in [-0.39, 0.29) is 0 Å². The zero-order valence-corrected chi connectivity index (χ0v) is 11.9. The number of carboxylic acid groups (broad SMARTS) is 1. The van der Waals surface area contributed by atoms with Gasteiger partial charge in [-0.25, -0.2) is 4.98 Å². The van der Waals surface area contributed by atoms with Crippen LogP contribution in [0.25, 0.3) is 0 Å². The second kappa shape index (κ2) is 6.90. The van der Waals surface area contributed by atoms with Crippen LogP contribution in [0.4, 0.5) is 0 Å². The first kappa shape index (κ1) is 15.1. The molecule has 0 saturated heterocycles. The van der Waals surface area contributed by atoms with E-state index in [4.69, 9.17) is 15.6 Å². The molecule has 112 valence electrons. The van der Waals surface area contributed by atoms with Crippen LogP contribution in [0.3, 0.4) is 0 Å². The van der Waals surface area contributed by atoms with E-state index in [1.54, 1.807) is 30.7 Å². The Morgan fingerprint density at radius 1 is 1.52 bits per heavy atom. The number of hydrogen-bond donors (Lipinski definition) is 2. The molecule has 0 aliphatic rings. The van der Waals surface area contributed by atoms with Gasteiger partial charge in [0, 0.05) is 18.0 Å². The average Bonchev–Trinajstić information content (AvgIpc) is 2.98. The number of carboxylic acids is 1. The highest BCUT2D eigenvalue weighted by Gasteiger charge is 2.16. The molecule has 0 aliphatic heterocycles. The molecule has 6 heteroatoms. The van der Waals surface area contributed by atoms with Crippen molar-refractivity contribution >= 4 is 5.97 Å². The lowest BCUT2D eigenvalue weighted by Crippen LogP contribution is -2.21. The van der Waals surface area contributed by atoms with Crippen molar-refractivity contribution in [1.29, 1.82) is 0 Å². The SMILES string of the molecule is CCCOc1ccc([C@H](N)C(=O)O)cc1Cn1ccnc1. The highest BCUT2D eigenvalue weighted by atomic mass is 16.5. The van der Waals surface area contributed by atoms with Gasteiger partial charge in [-0.3, -0.25) is 4.79 Å². The van der Waals surface area contributed by atoms with Gasteiger partial charge in [0.25, 0.3) is 0 Å². The van der Waals surface area contributed by atoms with E-state index in [9.17, 15) is 4.79 Å². The van der Waals surface area contributed by atoms with Crippen molar-refractivity contribution in [3.8, 4) is 5.75 Å². The third-order valence-corrected chi connectivity index (χ3v) is 3.08. The third-order valence-electron chi connectivity index (χ3n) is 3.08. The molecule has 21 heavy (non-hydrogen) atoms. The largest absolute Gasteiger partial charge is 0.493 e. The maximum Gasteiger partial charge on any atom is 0.325 e. The summed E-state index contributed by atoms with van der Waals surface area (Å²) in [5.41, 5.74) is 7.11. The van der Waals surface area contributed by atoms with Gasteiger partial charge in [0.05, 0.1) is 19.5 Å². The molecule has 1 atom stereocenters. The number of carbonyl (C=O) groups is 1. The molecule has 1 aromatic carbocycles. The Kier molecular flexibility index (Phi) is 4.94. The van der Waals surface area contributed by atoms with E-state index in [1.807, 2.05) is 17.7 Å². The van der Waals surface area contributed by atoms with Gasteiger partial charge in [-0.05, 0) is 24.1 Å². The van der Waals surface area contributed by atoms with Crippen molar-refractivity contribution in [1.82, 2.24) is 9.55 Å². The fourth-order valence-electron chi connectivity index (χ4n) is 1.99. The summed E-state index contributed by atoms with van der Waals surface area (Å²) in [6.45, 7) is 3.20. The molecule has 0 bridgehead atoms. The lowest BCUT2D eigenvalue weighted by Gasteiger charge is -2.15. The van der Waals surface area contributed by atoms with Crippen LogP contribution < -0.4 is 10.5 Å². The van der Waals surface area contributed by atoms with Crippen LogP contribution in [-0.2, 0) is 11.3 Å². The fourth-order valence-corrected chi connectivity index (χ4v) is 1.99. The van der Waals surface area contributed by atoms with E-state index in [0.29, 0.717) is 18.7 Å². The van der Waals surface area contributed by atoms with Crippen LogP contribution in [0.15, 0.2) is 36.9 Å². The second-order valence-electron chi connectivity index (χ2n) is 4.77. The molecule has 1 aromatic heterocycles. The zero-order chi connectivity index (χ0) is 15.2. The van der Waals surface area contributed by atoms with Crippen molar-refractivity contribution < 1.29 is 14.6 Å². The number of nitrogens with zero attached hydrogens (tertiary/aromatic N) is 2. The predicted molar refractivity (Wildman–Crippen MR) is 78.1 cm³/mol. The minimum atomic E-state index is -1.05. The van der Waals surface area contributed by atoms with Crippen molar-refractivity contribution in [3.05, 3.63) is 48.0 Å². The molecule has 0 radical (unpaired) electrons. The minimum Gasteiger partial charge on any atom is -0.493 e. The van der Waals surface area contributed by atoms with Crippen LogP contribution in [0.1, 0.15) is 30.5 Å². The second-order valence-corrected chi connectivity index (χ2v) is 4.77. The smallest absolute Gasteiger partial charge is 0.325 e. The fraction of sp³-hybridized carbons (Fsp3) is 0.333. The average molecular weight is 289 g/mol. The summed E-state index contributed by atoms with van der Waals surface area (Å²) in [5.74, 6) is -0.308. The van der Waals surface area contributed by atoms with Crippen LogP contribution in [0.2, 0.25) is 0 Å². The molecule has 0 unspecified atom stereocenters. The van der Waals surface area contributed by atoms with Crippen LogP contribution in [-0.4, -0.2) is 27.2 Å². The van der Waals surface area contributed by atoms with Gasteiger partial charge in [-0.15, -0.1) is 0 Å².